The molecule has 6 heteroatoms. The molecule has 94 valence electrons. The minimum atomic E-state index is -0.128. The predicted octanol–water partition coefficient (Wildman–Crippen LogP) is 2.62. The number of rotatable bonds is 4. The number of aromatic nitrogens is 1. The zero-order chi connectivity index (χ0) is 13.0. The maximum atomic E-state index is 11.7. The van der Waals surface area contributed by atoms with Crippen molar-refractivity contribution in [2.24, 2.45) is 11.7 Å². The first-order valence-corrected chi connectivity index (χ1v) is 6.02. The van der Waals surface area contributed by atoms with Crippen molar-refractivity contribution in [2.75, 3.05) is 11.9 Å². The molecule has 1 heterocycles. The summed E-state index contributed by atoms with van der Waals surface area (Å²) in [6.45, 7) is 4.19. The third-order valence-corrected chi connectivity index (χ3v) is 2.81. The molecule has 1 aromatic heterocycles. The molecule has 1 atom stereocenters. The molecule has 1 rings (SSSR count). The van der Waals surface area contributed by atoms with Crippen molar-refractivity contribution >= 4 is 34.8 Å². The van der Waals surface area contributed by atoms with E-state index >= 15 is 0 Å². The molecule has 0 aliphatic heterocycles. The smallest absolute Gasteiger partial charge is 0.224 e. The van der Waals surface area contributed by atoms with Crippen LogP contribution >= 0.6 is 23.2 Å². The molecule has 1 aromatic rings. The summed E-state index contributed by atoms with van der Waals surface area (Å²) in [6, 6.07) is 1.65. The Morgan fingerprint density at radius 3 is 2.76 bits per heavy atom. The number of carbonyl (C=O) groups excluding carboxylic acids is 1. The van der Waals surface area contributed by atoms with E-state index in [4.69, 9.17) is 28.9 Å². The maximum absolute atomic E-state index is 11.7. The Labute approximate surface area is 110 Å². The quantitative estimate of drug-likeness (QED) is 0.830. The predicted molar refractivity (Wildman–Crippen MR) is 70.5 cm³/mol. The van der Waals surface area contributed by atoms with E-state index in [0.717, 1.165) is 5.56 Å². The number of hydrogen-bond donors (Lipinski definition) is 2. The van der Waals surface area contributed by atoms with E-state index in [1.807, 2.05) is 6.92 Å². The summed E-state index contributed by atoms with van der Waals surface area (Å²) in [5.74, 6) is 0.00594. The van der Waals surface area contributed by atoms with E-state index in [0.29, 0.717) is 23.8 Å². The van der Waals surface area contributed by atoms with Crippen molar-refractivity contribution in [3.63, 3.8) is 0 Å². The van der Waals surface area contributed by atoms with Gasteiger partial charge in [-0.1, -0.05) is 30.1 Å². The molecule has 0 aliphatic carbocycles. The molecule has 0 radical (unpaired) electrons. The van der Waals surface area contributed by atoms with Gasteiger partial charge in [-0.3, -0.25) is 4.79 Å². The second-order valence-corrected chi connectivity index (χ2v) is 4.77. The normalized spacial score (nSPS) is 12.3. The Kier molecular flexibility index (Phi) is 5.18. The van der Waals surface area contributed by atoms with Crippen molar-refractivity contribution in [1.82, 2.24) is 4.98 Å². The topological polar surface area (TPSA) is 68.0 Å². The van der Waals surface area contributed by atoms with Gasteiger partial charge in [-0.05, 0) is 31.0 Å². The van der Waals surface area contributed by atoms with Crippen LogP contribution in [0.1, 0.15) is 18.9 Å². The number of pyridine rings is 1. The highest BCUT2D eigenvalue weighted by atomic mass is 35.5. The minimum Gasteiger partial charge on any atom is -0.330 e. The lowest BCUT2D eigenvalue weighted by Crippen LogP contribution is -2.20. The fourth-order valence-corrected chi connectivity index (χ4v) is 1.91. The number of halogens is 2. The molecule has 0 aliphatic rings. The summed E-state index contributed by atoms with van der Waals surface area (Å²) >= 11 is 11.7. The van der Waals surface area contributed by atoms with Gasteiger partial charge >= 0.3 is 0 Å². The van der Waals surface area contributed by atoms with Gasteiger partial charge in [0.1, 0.15) is 5.15 Å². The Balaban J connectivity index is 2.78. The first-order chi connectivity index (χ1) is 7.93. The van der Waals surface area contributed by atoms with E-state index in [9.17, 15) is 4.79 Å². The second kappa shape index (κ2) is 6.19. The molecule has 0 aromatic carbocycles. The van der Waals surface area contributed by atoms with Crippen LogP contribution in [0.15, 0.2) is 6.07 Å². The van der Waals surface area contributed by atoms with Crippen LogP contribution in [0.3, 0.4) is 0 Å². The third kappa shape index (κ3) is 4.15. The van der Waals surface area contributed by atoms with E-state index in [-0.39, 0.29) is 17.0 Å². The van der Waals surface area contributed by atoms with E-state index in [1.165, 1.54) is 0 Å². The molecule has 1 amide bonds. The van der Waals surface area contributed by atoms with E-state index in [2.05, 4.69) is 10.3 Å². The van der Waals surface area contributed by atoms with Gasteiger partial charge in [-0.25, -0.2) is 4.98 Å². The van der Waals surface area contributed by atoms with Crippen LogP contribution in [0.4, 0.5) is 5.69 Å². The van der Waals surface area contributed by atoms with Crippen LogP contribution in [0, 0.1) is 12.8 Å². The van der Waals surface area contributed by atoms with Gasteiger partial charge in [0.2, 0.25) is 5.91 Å². The van der Waals surface area contributed by atoms with Gasteiger partial charge in [0.05, 0.1) is 5.69 Å². The van der Waals surface area contributed by atoms with Crippen LogP contribution in [0.2, 0.25) is 10.3 Å². The average Bonchev–Trinajstić information content (AvgIpc) is 2.23. The largest absolute Gasteiger partial charge is 0.330 e. The zero-order valence-electron chi connectivity index (χ0n) is 9.76. The minimum absolute atomic E-state index is 0.128. The van der Waals surface area contributed by atoms with Crippen molar-refractivity contribution in [3.05, 3.63) is 21.9 Å². The SMILES string of the molecule is Cc1cc(Cl)nc(Cl)c1NC(=O)CC(C)CN. The summed E-state index contributed by atoms with van der Waals surface area (Å²) in [5, 5.41) is 3.23. The van der Waals surface area contributed by atoms with Crippen molar-refractivity contribution in [2.45, 2.75) is 20.3 Å². The number of anilines is 1. The number of nitrogens with one attached hydrogen (secondary N) is 1. The summed E-state index contributed by atoms with van der Waals surface area (Å²) in [7, 11) is 0. The highest BCUT2D eigenvalue weighted by Gasteiger charge is 2.13. The molecule has 0 spiro atoms. The van der Waals surface area contributed by atoms with Gasteiger partial charge in [0, 0.05) is 6.42 Å². The van der Waals surface area contributed by atoms with Gasteiger partial charge in [0.25, 0.3) is 0 Å². The lowest BCUT2D eigenvalue weighted by molar-refractivity contribution is -0.116. The van der Waals surface area contributed by atoms with Crippen LogP contribution in [-0.2, 0) is 4.79 Å². The number of carbonyl (C=O) groups is 1. The number of aryl methyl sites for hydroxylation is 1. The lowest BCUT2D eigenvalue weighted by Gasteiger charge is -2.12. The lowest BCUT2D eigenvalue weighted by atomic mass is 10.1. The molecule has 0 fully saturated rings. The molecular formula is C11H15Cl2N3O. The van der Waals surface area contributed by atoms with Crippen LogP contribution < -0.4 is 11.1 Å². The van der Waals surface area contributed by atoms with Crippen molar-refractivity contribution in [3.8, 4) is 0 Å². The Hall–Kier alpha value is -0.840. The second-order valence-electron chi connectivity index (χ2n) is 4.02. The molecule has 0 bridgehead atoms. The van der Waals surface area contributed by atoms with Gasteiger partial charge in [0.15, 0.2) is 5.15 Å². The standard InChI is InChI=1S/C11H15Cl2N3O/c1-6(5-14)3-9(17)16-10-7(2)4-8(12)15-11(10)13/h4,6H,3,5,14H2,1-2H3,(H,16,17). The fraction of sp³-hybridized carbons (Fsp3) is 0.455. The highest BCUT2D eigenvalue weighted by molar-refractivity contribution is 6.34. The number of nitrogens with zero attached hydrogens (tertiary/aromatic N) is 1. The van der Waals surface area contributed by atoms with E-state index in [1.54, 1.807) is 13.0 Å². The summed E-state index contributed by atoms with van der Waals surface area (Å²) in [4.78, 5) is 15.6. The number of nitrogens with two attached hydrogens (primary N) is 1. The molecule has 17 heavy (non-hydrogen) atoms. The van der Waals surface area contributed by atoms with Crippen LogP contribution in [0.5, 0.6) is 0 Å². The Bertz CT molecular complexity index is 400. The van der Waals surface area contributed by atoms with Crippen LogP contribution in [-0.4, -0.2) is 17.4 Å². The summed E-state index contributed by atoms with van der Waals surface area (Å²) in [5.41, 5.74) is 6.74. The van der Waals surface area contributed by atoms with Gasteiger partial charge < -0.3 is 11.1 Å². The maximum Gasteiger partial charge on any atom is 0.224 e. The van der Waals surface area contributed by atoms with Crippen molar-refractivity contribution < 1.29 is 4.79 Å². The summed E-state index contributed by atoms with van der Waals surface area (Å²) in [6.07, 6.45) is 0.356. The Morgan fingerprint density at radius 1 is 1.59 bits per heavy atom. The third-order valence-electron chi connectivity index (χ3n) is 2.34. The van der Waals surface area contributed by atoms with E-state index < -0.39 is 0 Å². The Morgan fingerprint density at radius 2 is 2.24 bits per heavy atom. The molecule has 3 N–H and O–H groups in total. The van der Waals surface area contributed by atoms with Crippen LogP contribution in [0.25, 0.3) is 0 Å². The fourth-order valence-electron chi connectivity index (χ4n) is 1.34. The highest BCUT2D eigenvalue weighted by Crippen LogP contribution is 2.26. The van der Waals surface area contributed by atoms with Crippen molar-refractivity contribution in [1.29, 1.82) is 0 Å². The van der Waals surface area contributed by atoms with Gasteiger partial charge in [-0.2, -0.15) is 0 Å². The molecule has 1 unspecified atom stereocenters. The first-order valence-electron chi connectivity index (χ1n) is 5.26. The number of amides is 1. The van der Waals surface area contributed by atoms with Gasteiger partial charge in [-0.15, -0.1) is 0 Å². The molecule has 4 nitrogen and oxygen atoms in total. The molecule has 0 saturated heterocycles. The first kappa shape index (κ1) is 14.2. The zero-order valence-corrected chi connectivity index (χ0v) is 11.3. The summed E-state index contributed by atoms with van der Waals surface area (Å²) < 4.78 is 0. The number of hydrogen-bond acceptors (Lipinski definition) is 3. The monoisotopic (exact) mass is 275 g/mol. The average molecular weight is 276 g/mol. The molecule has 0 saturated carbocycles. The molecular weight excluding hydrogens is 261 g/mol.